The summed E-state index contributed by atoms with van der Waals surface area (Å²) in [6.07, 6.45) is 1.12. The number of aromatic nitrogens is 1. The molecular weight excluding hydrogens is 236 g/mol. The first-order valence-corrected chi connectivity index (χ1v) is 6.26. The fraction of sp³-hybridized carbons (Fsp3) is 0.250. The number of Topliss-reactive ketones (excluding diaryl/α,β-unsaturated/α-hetero) is 1. The molecule has 0 aliphatic carbocycles. The van der Waals surface area contributed by atoms with Crippen molar-refractivity contribution in [1.29, 1.82) is 5.41 Å². The van der Waals surface area contributed by atoms with Gasteiger partial charge in [-0.25, -0.2) is 0 Å². The number of aromatic amines is 1. The molecule has 2 aromatic rings. The van der Waals surface area contributed by atoms with Crippen molar-refractivity contribution in [2.75, 3.05) is 0 Å². The Labute approximate surface area is 112 Å². The summed E-state index contributed by atoms with van der Waals surface area (Å²) in [5.41, 5.74) is 5.21. The summed E-state index contributed by atoms with van der Waals surface area (Å²) >= 11 is 0. The Kier molecular flexibility index (Phi) is 3.38. The van der Waals surface area contributed by atoms with Crippen molar-refractivity contribution in [2.45, 2.75) is 27.7 Å². The van der Waals surface area contributed by atoms with Crippen LogP contribution >= 0.6 is 0 Å². The van der Waals surface area contributed by atoms with Gasteiger partial charge >= 0.3 is 0 Å². The third-order valence-corrected chi connectivity index (χ3v) is 3.41. The molecule has 0 bridgehead atoms. The molecule has 0 saturated carbocycles. The van der Waals surface area contributed by atoms with Crippen molar-refractivity contribution >= 4 is 22.9 Å². The minimum atomic E-state index is -0.124. The van der Waals surface area contributed by atoms with Crippen LogP contribution in [0.1, 0.15) is 35.5 Å². The largest absolute Gasteiger partial charge is 0.352 e. The van der Waals surface area contributed by atoms with Crippen LogP contribution in [-0.4, -0.2) is 17.0 Å². The van der Waals surface area contributed by atoms with Gasteiger partial charge in [0.25, 0.3) is 0 Å². The first-order chi connectivity index (χ1) is 8.93. The normalized spacial score (nSPS) is 10.5. The number of allylic oxidation sites excluding steroid dienone is 2. The molecule has 0 spiro atoms. The molecule has 0 aliphatic rings. The lowest BCUT2D eigenvalue weighted by Crippen LogP contribution is -2.06. The Bertz CT molecular complexity index is 662. The molecule has 0 unspecified atom stereocenters. The molecule has 2 rings (SSSR count). The number of H-pyrrole nitrogens is 1. The number of ketones is 1. The van der Waals surface area contributed by atoms with E-state index in [1.807, 2.05) is 26.0 Å². The minimum absolute atomic E-state index is 0.124. The van der Waals surface area contributed by atoms with E-state index in [-0.39, 0.29) is 5.78 Å². The van der Waals surface area contributed by atoms with Crippen molar-refractivity contribution in [3.63, 3.8) is 0 Å². The Morgan fingerprint density at radius 1 is 1.16 bits per heavy atom. The summed E-state index contributed by atoms with van der Waals surface area (Å²) in [6.45, 7) is 7.79. The number of aryl methyl sites for hydroxylation is 2. The van der Waals surface area contributed by atoms with Crippen molar-refractivity contribution < 1.29 is 4.79 Å². The quantitative estimate of drug-likeness (QED) is 0.486. The molecule has 1 heterocycles. The fourth-order valence-corrected chi connectivity index (χ4v) is 2.11. The number of rotatable bonds is 3. The molecule has 0 amide bonds. The summed E-state index contributed by atoms with van der Waals surface area (Å²) in [4.78, 5) is 15.5. The number of benzene rings is 1. The zero-order chi connectivity index (χ0) is 14.2. The van der Waals surface area contributed by atoms with Crippen LogP contribution in [0.5, 0.6) is 0 Å². The topological polar surface area (TPSA) is 56.7 Å². The number of hydrogen-bond acceptors (Lipinski definition) is 2. The van der Waals surface area contributed by atoms with E-state index < -0.39 is 0 Å². The van der Waals surface area contributed by atoms with Crippen molar-refractivity contribution in [3.05, 3.63) is 46.2 Å². The van der Waals surface area contributed by atoms with Gasteiger partial charge in [0.1, 0.15) is 0 Å². The third-order valence-electron chi connectivity index (χ3n) is 3.41. The molecule has 0 aliphatic heterocycles. The highest BCUT2D eigenvalue weighted by molar-refractivity contribution is 6.21. The van der Waals surface area contributed by atoms with E-state index in [9.17, 15) is 4.79 Å². The molecule has 3 heteroatoms. The Morgan fingerprint density at radius 3 is 2.37 bits per heavy atom. The van der Waals surface area contributed by atoms with E-state index in [1.165, 1.54) is 11.1 Å². The maximum absolute atomic E-state index is 12.3. The van der Waals surface area contributed by atoms with Gasteiger partial charge in [-0.1, -0.05) is 5.57 Å². The molecule has 19 heavy (non-hydrogen) atoms. The van der Waals surface area contributed by atoms with Gasteiger partial charge in [0, 0.05) is 22.7 Å². The molecule has 3 nitrogen and oxygen atoms in total. The zero-order valence-electron chi connectivity index (χ0n) is 11.7. The summed E-state index contributed by atoms with van der Waals surface area (Å²) in [7, 11) is 0. The lowest BCUT2D eigenvalue weighted by Gasteiger charge is -2.00. The molecule has 0 radical (unpaired) electrons. The van der Waals surface area contributed by atoms with E-state index in [0.29, 0.717) is 11.3 Å². The fourth-order valence-electron chi connectivity index (χ4n) is 2.11. The summed E-state index contributed by atoms with van der Waals surface area (Å²) in [6, 6.07) is 5.98. The summed E-state index contributed by atoms with van der Waals surface area (Å²) in [5.74, 6) is -0.124. The third kappa shape index (κ3) is 2.36. The van der Waals surface area contributed by atoms with Crippen LogP contribution in [0, 0.1) is 19.3 Å². The van der Waals surface area contributed by atoms with Crippen molar-refractivity contribution in [3.8, 4) is 0 Å². The number of fused-ring (bicyclic) bond motifs is 1. The highest BCUT2D eigenvalue weighted by Crippen LogP contribution is 2.21. The standard InChI is InChI=1S/C16H18N2O/c1-9(2)13(8-17)16(19)15-7-12-5-10(3)11(4)6-14(12)18-15/h5-8,17-18H,1-4H3. The highest BCUT2D eigenvalue weighted by atomic mass is 16.1. The number of carbonyl (C=O) groups excluding carboxylic acids is 1. The average molecular weight is 254 g/mol. The van der Waals surface area contributed by atoms with Gasteiger partial charge in [0.2, 0.25) is 5.78 Å². The SMILES string of the molecule is CC(C)=C(C=N)C(=O)c1cc2cc(C)c(C)cc2[nH]1. The van der Waals surface area contributed by atoms with Crippen LogP contribution in [0.25, 0.3) is 10.9 Å². The van der Waals surface area contributed by atoms with Gasteiger partial charge in [0.15, 0.2) is 0 Å². The molecular formula is C16H18N2O. The zero-order valence-corrected chi connectivity index (χ0v) is 11.7. The van der Waals surface area contributed by atoms with Crippen LogP contribution in [0.2, 0.25) is 0 Å². The maximum atomic E-state index is 12.3. The van der Waals surface area contributed by atoms with Crippen LogP contribution in [0.4, 0.5) is 0 Å². The average Bonchev–Trinajstić information content (AvgIpc) is 2.73. The van der Waals surface area contributed by atoms with Gasteiger partial charge in [-0.15, -0.1) is 0 Å². The first kappa shape index (κ1) is 13.3. The van der Waals surface area contributed by atoms with Gasteiger partial charge in [-0.05, 0) is 57.0 Å². The van der Waals surface area contributed by atoms with Gasteiger partial charge in [-0.2, -0.15) is 0 Å². The van der Waals surface area contributed by atoms with Crippen LogP contribution in [0.15, 0.2) is 29.3 Å². The van der Waals surface area contributed by atoms with E-state index in [4.69, 9.17) is 5.41 Å². The lowest BCUT2D eigenvalue weighted by atomic mass is 10.0. The molecule has 1 aromatic heterocycles. The predicted octanol–water partition coefficient (Wildman–Crippen LogP) is 3.95. The minimum Gasteiger partial charge on any atom is -0.352 e. The Hall–Kier alpha value is -2.16. The van der Waals surface area contributed by atoms with Crippen LogP contribution < -0.4 is 0 Å². The van der Waals surface area contributed by atoms with Gasteiger partial charge in [-0.3, -0.25) is 4.79 Å². The molecule has 0 atom stereocenters. The predicted molar refractivity (Wildman–Crippen MR) is 79.3 cm³/mol. The lowest BCUT2D eigenvalue weighted by molar-refractivity contribution is 0.103. The smallest absolute Gasteiger partial charge is 0.210 e. The molecule has 0 fully saturated rings. The van der Waals surface area contributed by atoms with E-state index in [0.717, 1.165) is 22.7 Å². The number of carbonyl (C=O) groups is 1. The summed E-state index contributed by atoms with van der Waals surface area (Å²) in [5, 5.41) is 8.39. The molecule has 98 valence electrons. The molecule has 1 aromatic carbocycles. The maximum Gasteiger partial charge on any atom is 0.210 e. The second-order valence-electron chi connectivity index (χ2n) is 5.09. The molecule has 0 saturated heterocycles. The van der Waals surface area contributed by atoms with E-state index in [1.54, 1.807) is 0 Å². The Balaban J connectivity index is 2.56. The monoisotopic (exact) mass is 254 g/mol. The second kappa shape index (κ2) is 4.84. The summed E-state index contributed by atoms with van der Waals surface area (Å²) < 4.78 is 0. The number of hydrogen-bond donors (Lipinski definition) is 2. The molecule has 2 N–H and O–H groups in total. The van der Waals surface area contributed by atoms with Crippen LogP contribution in [0.3, 0.4) is 0 Å². The second-order valence-corrected chi connectivity index (χ2v) is 5.09. The van der Waals surface area contributed by atoms with Crippen molar-refractivity contribution in [1.82, 2.24) is 4.98 Å². The van der Waals surface area contributed by atoms with E-state index >= 15 is 0 Å². The van der Waals surface area contributed by atoms with Gasteiger partial charge in [0.05, 0.1) is 5.69 Å². The van der Waals surface area contributed by atoms with Crippen molar-refractivity contribution in [2.24, 2.45) is 0 Å². The highest BCUT2D eigenvalue weighted by Gasteiger charge is 2.14. The van der Waals surface area contributed by atoms with E-state index in [2.05, 4.69) is 24.9 Å². The Morgan fingerprint density at radius 2 is 1.79 bits per heavy atom. The van der Waals surface area contributed by atoms with Gasteiger partial charge < -0.3 is 10.4 Å². The number of nitrogens with one attached hydrogen (secondary N) is 2. The van der Waals surface area contributed by atoms with Crippen LogP contribution in [-0.2, 0) is 0 Å². The first-order valence-electron chi connectivity index (χ1n) is 6.26.